The second-order valence-electron chi connectivity index (χ2n) is 9.71. The van der Waals surface area contributed by atoms with E-state index in [2.05, 4.69) is 8.96 Å². The van der Waals surface area contributed by atoms with Crippen LogP contribution in [0.2, 0.25) is 0 Å². The number of carbonyl (C=O) groups is 2. The summed E-state index contributed by atoms with van der Waals surface area (Å²) in [4.78, 5) is 27.7. The number of aromatic nitrogens is 1. The van der Waals surface area contributed by atoms with E-state index >= 15 is 0 Å². The van der Waals surface area contributed by atoms with Gasteiger partial charge in [0.1, 0.15) is 4.90 Å². The molecule has 9 nitrogen and oxygen atoms in total. The SMILES string of the molecule is Cc1cc(C(=O)COC(=O)C2CCN(C3=NS(=O)(=O)c4ccccc43)CC2)c(C)n1C[C@H]1CCCO1. The molecule has 0 bridgehead atoms. The smallest absolute Gasteiger partial charge is 0.309 e. The Balaban J connectivity index is 1.15. The van der Waals surface area contributed by atoms with E-state index in [4.69, 9.17) is 9.47 Å². The van der Waals surface area contributed by atoms with Gasteiger partial charge in [0.2, 0.25) is 5.78 Å². The van der Waals surface area contributed by atoms with Gasteiger partial charge in [-0.15, -0.1) is 4.40 Å². The number of hydrogen-bond acceptors (Lipinski definition) is 7. The van der Waals surface area contributed by atoms with Gasteiger partial charge in [-0.1, -0.05) is 12.1 Å². The predicted octanol–water partition coefficient (Wildman–Crippen LogP) is 2.87. The molecule has 2 fully saturated rings. The molecule has 4 heterocycles. The topological polar surface area (TPSA) is 107 Å². The molecule has 0 spiro atoms. The number of fused-ring (bicyclic) bond motifs is 1. The number of piperidine rings is 1. The molecule has 1 aromatic carbocycles. The van der Waals surface area contributed by atoms with E-state index < -0.39 is 16.0 Å². The summed E-state index contributed by atoms with van der Waals surface area (Å²) in [5, 5.41) is 0. The quantitative estimate of drug-likeness (QED) is 0.432. The van der Waals surface area contributed by atoms with Gasteiger partial charge in [0.25, 0.3) is 10.0 Å². The molecule has 36 heavy (non-hydrogen) atoms. The first kappa shape index (κ1) is 24.7. The second kappa shape index (κ2) is 9.82. The first-order chi connectivity index (χ1) is 17.2. The Morgan fingerprint density at radius 2 is 1.89 bits per heavy atom. The summed E-state index contributed by atoms with van der Waals surface area (Å²) in [6, 6.07) is 8.63. The van der Waals surface area contributed by atoms with Gasteiger partial charge in [-0.05, 0) is 57.7 Å². The van der Waals surface area contributed by atoms with Gasteiger partial charge in [0.05, 0.1) is 12.0 Å². The second-order valence-corrected chi connectivity index (χ2v) is 11.3. The van der Waals surface area contributed by atoms with Crippen molar-refractivity contribution in [2.24, 2.45) is 10.3 Å². The van der Waals surface area contributed by atoms with Gasteiger partial charge in [0.15, 0.2) is 12.4 Å². The molecule has 0 amide bonds. The standard InChI is InChI=1S/C26H31N3O6S/c1-17-14-22(18(2)29(17)15-20-6-5-13-34-20)23(30)16-35-26(31)19-9-11-28(12-10-19)25-21-7-3-4-8-24(21)36(32,33)27-25/h3-4,7-8,14,19-20H,5-6,9-13,15-16H2,1-2H3/t20-/m1/s1. The fourth-order valence-electron chi connectivity index (χ4n) is 5.33. The Morgan fingerprint density at radius 3 is 2.61 bits per heavy atom. The Labute approximate surface area is 211 Å². The van der Waals surface area contributed by atoms with Gasteiger partial charge in [0, 0.05) is 48.8 Å². The molecule has 3 aliphatic rings. The third kappa shape index (κ3) is 4.71. The van der Waals surface area contributed by atoms with Crippen LogP contribution in [0.4, 0.5) is 0 Å². The van der Waals surface area contributed by atoms with Crippen molar-refractivity contribution >= 4 is 27.6 Å². The molecule has 1 aromatic heterocycles. The summed E-state index contributed by atoms with van der Waals surface area (Å²) in [6.07, 6.45) is 3.26. The van der Waals surface area contributed by atoms with Gasteiger partial charge >= 0.3 is 5.97 Å². The number of hydrogen-bond donors (Lipinski definition) is 0. The number of amidine groups is 1. The number of sulfonamides is 1. The van der Waals surface area contributed by atoms with Crippen molar-refractivity contribution in [1.29, 1.82) is 0 Å². The third-order valence-electron chi connectivity index (χ3n) is 7.37. The Morgan fingerprint density at radius 1 is 1.14 bits per heavy atom. The molecule has 0 saturated carbocycles. The summed E-state index contributed by atoms with van der Waals surface area (Å²) in [7, 11) is -3.68. The monoisotopic (exact) mass is 513 g/mol. The first-order valence-corrected chi connectivity index (χ1v) is 13.9. The van der Waals surface area contributed by atoms with E-state index in [1.54, 1.807) is 24.3 Å². The van der Waals surface area contributed by atoms with Gasteiger partial charge < -0.3 is 18.9 Å². The van der Waals surface area contributed by atoms with Crippen molar-refractivity contribution in [1.82, 2.24) is 9.47 Å². The minimum atomic E-state index is -3.68. The Bertz CT molecular complexity index is 1320. The maximum Gasteiger partial charge on any atom is 0.309 e. The highest BCUT2D eigenvalue weighted by Gasteiger charge is 2.35. The Kier molecular flexibility index (Phi) is 6.74. The first-order valence-electron chi connectivity index (χ1n) is 12.4. The van der Waals surface area contributed by atoms with Crippen LogP contribution in [0.15, 0.2) is 39.6 Å². The van der Waals surface area contributed by atoms with Crippen molar-refractivity contribution in [2.75, 3.05) is 26.3 Å². The molecule has 0 N–H and O–H groups in total. The fourth-order valence-corrected chi connectivity index (χ4v) is 6.56. The summed E-state index contributed by atoms with van der Waals surface area (Å²) in [5.41, 5.74) is 3.03. The molecule has 1 atom stereocenters. The lowest BCUT2D eigenvalue weighted by atomic mass is 9.96. The number of ketones is 1. The van der Waals surface area contributed by atoms with Crippen molar-refractivity contribution in [2.45, 2.75) is 57.1 Å². The molecule has 2 aromatic rings. The van der Waals surface area contributed by atoms with E-state index in [1.165, 1.54) is 0 Å². The highest BCUT2D eigenvalue weighted by molar-refractivity contribution is 7.90. The minimum Gasteiger partial charge on any atom is -0.457 e. The zero-order chi connectivity index (χ0) is 25.4. The lowest BCUT2D eigenvalue weighted by molar-refractivity contribution is -0.148. The normalized spacial score (nSPS) is 21.3. The number of carbonyl (C=O) groups excluding carboxylic acids is 2. The third-order valence-corrected chi connectivity index (χ3v) is 8.70. The van der Waals surface area contributed by atoms with Crippen LogP contribution in [0.3, 0.4) is 0 Å². The molecular formula is C26H31N3O6S. The van der Waals surface area contributed by atoms with E-state index in [0.717, 1.165) is 37.4 Å². The van der Waals surface area contributed by atoms with Gasteiger partial charge in [-0.25, -0.2) is 0 Å². The minimum absolute atomic E-state index is 0.172. The van der Waals surface area contributed by atoms with Crippen LogP contribution in [0.25, 0.3) is 0 Å². The molecular weight excluding hydrogens is 482 g/mol. The molecule has 2 saturated heterocycles. The van der Waals surface area contributed by atoms with E-state index in [-0.39, 0.29) is 29.3 Å². The lowest BCUT2D eigenvalue weighted by Crippen LogP contribution is -2.40. The van der Waals surface area contributed by atoms with Crippen LogP contribution in [0.1, 0.15) is 53.0 Å². The molecule has 0 aliphatic carbocycles. The molecule has 0 radical (unpaired) electrons. The lowest BCUT2D eigenvalue weighted by Gasteiger charge is -2.32. The highest BCUT2D eigenvalue weighted by atomic mass is 32.2. The largest absolute Gasteiger partial charge is 0.457 e. The van der Waals surface area contributed by atoms with Crippen molar-refractivity contribution in [3.63, 3.8) is 0 Å². The molecule has 5 rings (SSSR count). The number of ether oxygens (including phenoxy) is 2. The number of Topliss-reactive ketones (excluding diaryl/α,β-unsaturated/α-hetero) is 1. The van der Waals surface area contributed by atoms with Crippen LogP contribution in [0, 0.1) is 19.8 Å². The maximum absolute atomic E-state index is 12.9. The van der Waals surface area contributed by atoms with Gasteiger partial charge in [-0.2, -0.15) is 8.42 Å². The van der Waals surface area contributed by atoms with E-state index in [1.807, 2.05) is 24.8 Å². The summed E-state index contributed by atoms with van der Waals surface area (Å²) >= 11 is 0. The number of rotatable bonds is 6. The van der Waals surface area contributed by atoms with Crippen molar-refractivity contribution in [3.8, 4) is 0 Å². The van der Waals surface area contributed by atoms with Gasteiger partial charge in [-0.3, -0.25) is 9.59 Å². The van der Waals surface area contributed by atoms with Crippen molar-refractivity contribution in [3.05, 3.63) is 52.8 Å². The van der Waals surface area contributed by atoms with E-state index in [0.29, 0.717) is 42.9 Å². The van der Waals surface area contributed by atoms with Crippen LogP contribution < -0.4 is 0 Å². The molecule has 192 valence electrons. The number of benzene rings is 1. The summed E-state index contributed by atoms with van der Waals surface area (Å²) < 4.78 is 41.9. The molecule has 3 aliphatic heterocycles. The van der Waals surface area contributed by atoms with Crippen molar-refractivity contribution < 1.29 is 27.5 Å². The zero-order valence-corrected chi connectivity index (χ0v) is 21.4. The number of aryl methyl sites for hydroxylation is 1. The zero-order valence-electron chi connectivity index (χ0n) is 20.6. The van der Waals surface area contributed by atoms with Crippen LogP contribution in [0.5, 0.6) is 0 Å². The number of esters is 1. The fraction of sp³-hybridized carbons (Fsp3) is 0.500. The highest BCUT2D eigenvalue weighted by Crippen LogP contribution is 2.30. The average molecular weight is 514 g/mol. The van der Waals surface area contributed by atoms with Crippen LogP contribution >= 0.6 is 0 Å². The van der Waals surface area contributed by atoms with Crippen LogP contribution in [-0.4, -0.2) is 67.9 Å². The predicted molar refractivity (Wildman–Crippen MR) is 133 cm³/mol. The molecule has 0 unspecified atom stereocenters. The number of nitrogens with zero attached hydrogens (tertiary/aromatic N) is 3. The average Bonchev–Trinajstić information content (AvgIpc) is 3.56. The van der Waals surface area contributed by atoms with E-state index in [9.17, 15) is 18.0 Å². The van der Waals surface area contributed by atoms with Crippen LogP contribution in [-0.2, 0) is 30.8 Å². The molecule has 10 heteroatoms. The summed E-state index contributed by atoms with van der Waals surface area (Å²) in [5.74, 6) is -0.507. The maximum atomic E-state index is 12.9. The number of likely N-dealkylation sites (tertiary alicyclic amines) is 1. The Hall–Kier alpha value is -2.98. The summed E-state index contributed by atoms with van der Waals surface area (Å²) in [6.45, 7) is 6.07.